The maximum Gasteiger partial charge on any atom is 0.0725 e. The summed E-state index contributed by atoms with van der Waals surface area (Å²) >= 11 is 0. The Kier molecular flexibility index (Phi) is 5.85. The molecule has 0 saturated heterocycles. The molecule has 0 heterocycles. The van der Waals surface area contributed by atoms with E-state index in [0.29, 0.717) is 6.61 Å². The predicted molar refractivity (Wildman–Crippen MR) is 122 cm³/mol. The third-order valence-corrected chi connectivity index (χ3v) is 5.17. The Hall–Kier alpha value is -3.20. The fourth-order valence-electron chi connectivity index (χ4n) is 3.74. The van der Waals surface area contributed by atoms with Crippen LogP contribution in [0.15, 0.2) is 97.1 Å². The van der Waals surface area contributed by atoms with Crippen LogP contribution in [0.4, 0.5) is 0 Å². The molecule has 2 nitrogen and oxygen atoms in total. The average Bonchev–Trinajstić information content (AvgIpc) is 2.79. The lowest BCUT2D eigenvalue weighted by Crippen LogP contribution is -1.91. The fourth-order valence-corrected chi connectivity index (χ4v) is 3.74. The first-order valence-electron chi connectivity index (χ1n) is 9.77. The van der Waals surface area contributed by atoms with Crippen LogP contribution in [-0.4, -0.2) is 12.2 Å². The topological polar surface area (TPSA) is 29.5 Å². The summed E-state index contributed by atoms with van der Waals surface area (Å²) in [7, 11) is 1.75. The van der Waals surface area contributed by atoms with Crippen molar-refractivity contribution in [3.05, 3.63) is 108 Å². The van der Waals surface area contributed by atoms with Crippen LogP contribution in [0.1, 0.15) is 11.1 Å². The maximum atomic E-state index is 8.90. The lowest BCUT2D eigenvalue weighted by atomic mass is 9.97. The zero-order valence-corrected chi connectivity index (χ0v) is 16.5. The van der Waals surface area contributed by atoms with Crippen molar-refractivity contribution in [2.24, 2.45) is 0 Å². The summed E-state index contributed by atoms with van der Waals surface area (Å²) in [5, 5.41) is 16.4. The lowest BCUT2D eigenvalue weighted by Gasteiger charge is -2.10. The van der Waals surface area contributed by atoms with Crippen LogP contribution >= 0.6 is 0 Å². The quantitative estimate of drug-likeness (QED) is 0.363. The molecular weight excluding hydrogens is 356 g/mol. The van der Waals surface area contributed by atoms with Gasteiger partial charge in [0.2, 0.25) is 0 Å². The van der Waals surface area contributed by atoms with Gasteiger partial charge in [-0.1, -0.05) is 84.9 Å². The number of rotatable bonds is 3. The lowest BCUT2D eigenvalue weighted by molar-refractivity contribution is 0.187. The van der Waals surface area contributed by atoms with Crippen molar-refractivity contribution in [2.75, 3.05) is 7.11 Å². The van der Waals surface area contributed by atoms with E-state index >= 15 is 0 Å². The Labute approximate surface area is 171 Å². The van der Waals surface area contributed by atoms with E-state index in [1.165, 1.54) is 37.9 Å². The first-order chi connectivity index (χ1) is 14.3. The molecule has 0 aromatic heterocycles. The van der Waals surface area contributed by atoms with Gasteiger partial charge in [0.15, 0.2) is 0 Å². The summed E-state index contributed by atoms with van der Waals surface area (Å²) in [5.74, 6) is 0. The zero-order valence-electron chi connectivity index (χ0n) is 16.5. The number of fused-ring (bicyclic) bond motifs is 3. The Morgan fingerprint density at radius 2 is 1.17 bits per heavy atom. The number of aliphatic hydroxyl groups excluding tert-OH is 1. The van der Waals surface area contributed by atoms with Crippen LogP contribution in [0.25, 0.3) is 32.3 Å². The second-order valence-corrected chi connectivity index (χ2v) is 7.07. The molecule has 0 aliphatic carbocycles. The molecule has 0 atom stereocenters. The normalized spacial score (nSPS) is 10.8. The first kappa shape index (κ1) is 19.1. The molecule has 144 valence electrons. The minimum atomic E-state index is 0.116. The Morgan fingerprint density at radius 1 is 0.621 bits per heavy atom. The van der Waals surface area contributed by atoms with Crippen LogP contribution in [0.2, 0.25) is 0 Å². The molecule has 0 saturated carbocycles. The van der Waals surface area contributed by atoms with Crippen LogP contribution in [0.5, 0.6) is 0 Å². The van der Waals surface area contributed by atoms with Crippen LogP contribution < -0.4 is 0 Å². The molecular formula is C27H24O2. The number of aliphatic hydroxyl groups is 1. The number of hydrogen-bond acceptors (Lipinski definition) is 2. The number of benzene rings is 5. The van der Waals surface area contributed by atoms with Gasteiger partial charge in [0.25, 0.3) is 0 Å². The number of methoxy groups -OCH3 is 1. The van der Waals surface area contributed by atoms with E-state index in [-0.39, 0.29) is 6.61 Å². The van der Waals surface area contributed by atoms with Crippen molar-refractivity contribution in [3.63, 3.8) is 0 Å². The largest absolute Gasteiger partial charge is 0.392 e. The van der Waals surface area contributed by atoms with Crippen LogP contribution in [-0.2, 0) is 18.0 Å². The number of ether oxygens (including phenoxy) is 1. The summed E-state index contributed by atoms with van der Waals surface area (Å²) in [4.78, 5) is 0. The fraction of sp³-hybridized carbons (Fsp3) is 0.111. The van der Waals surface area contributed by atoms with Gasteiger partial charge >= 0.3 is 0 Å². The standard InChI is InChI=1S/C16H14O.C11H10O/c1-17-11-16-14-8-4-2-6-12(14)10-13-7-3-5-9-15(13)16;12-8-9-5-6-10-3-1-2-4-11(10)7-9/h2-10H,11H2,1H3;1-7,12H,8H2. The highest BCUT2D eigenvalue weighted by Gasteiger charge is 2.06. The smallest absolute Gasteiger partial charge is 0.0725 e. The van der Waals surface area contributed by atoms with Crippen LogP contribution in [0.3, 0.4) is 0 Å². The van der Waals surface area contributed by atoms with Crippen LogP contribution in [0, 0.1) is 0 Å². The van der Waals surface area contributed by atoms with Gasteiger partial charge in [0.05, 0.1) is 13.2 Å². The van der Waals surface area contributed by atoms with Crippen molar-refractivity contribution in [1.82, 2.24) is 0 Å². The molecule has 0 amide bonds. The summed E-state index contributed by atoms with van der Waals surface area (Å²) in [6.07, 6.45) is 0. The van der Waals surface area contributed by atoms with E-state index in [2.05, 4.69) is 66.7 Å². The van der Waals surface area contributed by atoms with E-state index in [1.807, 2.05) is 30.3 Å². The van der Waals surface area contributed by atoms with E-state index in [1.54, 1.807) is 7.11 Å². The summed E-state index contributed by atoms with van der Waals surface area (Å²) in [6.45, 7) is 0.771. The molecule has 0 bridgehead atoms. The Morgan fingerprint density at radius 3 is 1.76 bits per heavy atom. The van der Waals surface area contributed by atoms with Gasteiger partial charge in [-0.15, -0.1) is 0 Å². The average molecular weight is 380 g/mol. The Balaban J connectivity index is 0.000000150. The highest BCUT2D eigenvalue weighted by molar-refractivity contribution is 6.02. The van der Waals surface area contributed by atoms with E-state index in [9.17, 15) is 0 Å². The third kappa shape index (κ3) is 4.14. The second-order valence-electron chi connectivity index (χ2n) is 7.07. The van der Waals surface area contributed by atoms with Crippen molar-refractivity contribution in [1.29, 1.82) is 0 Å². The molecule has 0 aliphatic rings. The number of hydrogen-bond donors (Lipinski definition) is 1. The Bertz CT molecular complexity index is 1200. The van der Waals surface area contributed by atoms with Gasteiger partial charge in [0, 0.05) is 7.11 Å². The van der Waals surface area contributed by atoms with E-state index in [0.717, 1.165) is 5.56 Å². The van der Waals surface area contributed by atoms with Crippen molar-refractivity contribution in [2.45, 2.75) is 13.2 Å². The first-order valence-corrected chi connectivity index (χ1v) is 9.77. The van der Waals surface area contributed by atoms with Gasteiger partial charge in [-0.2, -0.15) is 0 Å². The molecule has 1 N–H and O–H groups in total. The molecule has 29 heavy (non-hydrogen) atoms. The minimum absolute atomic E-state index is 0.116. The summed E-state index contributed by atoms with van der Waals surface area (Å²) < 4.78 is 5.34. The van der Waals surface area contributed by atoms with Crippen molar-refractivity contribution in [3.8, 4) is 0 Å². The van der Waals surface area contributed by atoms with Gasteiger partial charge in [-0.3, -0.25) is 0 Å². The highest BCUT2D eigenvalue weighted by Crippen LogP contribution is 2.28. The monoisotopic (exact) mass is 380 g/mol. The maximum absolute atomic E-state index is 8.90. The predicted octanol–water partition coefficient (Wildman–Crippen LogP) is 6.47. The zero-order chi connectivity index (χ0) is 20.1. The molecule has 5 aromatic rings. The second kappa shape index (κ2) is 8.87. The molecule has 0 radical (unpaired) electrons. The molecule has 0 fully saturated rings. The van der Waals surface area contributed by atoms with Gasteiger partial charge < -0.3 is 9.84 Å². The molecule has 2 heteroatoms. The van der Waals surface area contributed by atoms with Crippen molar-refractivity contribution >= 4 is 32.3 Å². The van der Waals surface area contributed by atoms with Gasteiger partial charge in [0.1, 0.15) is 0 Å². The van der Waals surface area contributed by atoms with Crippen molar-refractivity contribution < 1.29 is 9.84 Å². The highest BCUT2D eigenvalue weighted by atomic mass is 16.5. The van der Waals surface area contributed by atoms with E-state index < -0.39 is 0 Å². The molecule has 0 unspecified atom stereocenters. The van der Waals surface area contributed by atoms with E-state index in [4.69, 9.17) is 9.84 Å². The van der Waals surface area contributed by atoms with Gasteiger partial charge in [-0.05, 0) is 55.6 Å². The third-order valence-electron chi connectivity index (χ3n) is 5.17. The summed E-state index contributed by atoms with van der Waals surface area (Å²) in [6, 6.07) is 33.3. The van der Waals surface area contributed by atoms with Gasteiger partial charge in [-0.25, -0.2) is 0 Å². The molecule has 5 aromatic carbocycles. The molecule has 0 spiro atoms. The summed E-state index contributed by atoms with van der Waals surface area (Å²) in [5.41, 5.74) is 2.25. The SMILES string of the molecule is COCc1c2ccccc2cc2ccccc12.OCc1ccc2ccccc2c1. The molecule has 5 rings (SSSR count). The minimum Gasteiger partial charge on any atom is -0.392 e. The molecule has 0 aliphatic heterocycles.